The molecule has 2 heterocycles. The molecule has 0 bridgehead atoms. The molecule has 2 aromatic rings. The number of nitrogens with zero attached hydrogens (tertiary/aromatic N) is 2. The zero-order valence-electron chi connectivity index (χ0n) is 9.47. The van der Waals surface area contributed by atoms with Gasteiger partial charge in [-0.3, -0.25) is 4.98 Å². The van der Waals surface area contributed by atoms with Crippen molar-refractivity contribution in [3.63, 3.8) is 0 Å². The van der Waals surface area contributed by atoms with Crippen molar-refractivity contribution in [2.24, 2.45) is 0 Å². The Morgan fingerprint density at radius 1 is 1.38 bits per heavy atom. The smallest absolute Gasteiger partial charge is 0.110 e. The minimum atomic E-state index is 0.298. The Morgan fingerprint density at radius 2 is 2.12 bits per heavy atom. The molecular weight excluding hydrogens is 218 g/mol. The van der Waals surface area contributed by atoms with Gasteiger partial charge in [-0.25, -0.2) is 4.98 Å². The summed E-state index contributed by atoms with van der Waals surface area (Å²) in [6, 6.07) is 4.34. The van der Waals surface area contributed by atoms with Gasteiger partial charge in [-0.15, -0.1) is 11.3 Å². The van der Waals surface area contributed by atoms with Crippen LogP contribution in [-0.4, -0.2) is 9.97 Å². The highest BCUT2D eigenvalue weighted by atomic mass is 32.1. The van der Waals surface area contributed by atoms with Crippen LogP contribution in [-0.2, 0) is 6.54 Å². The SMILES string of the molecule is Cc1csc(C(C)NCc2ccncc2)n1. The van der Waals surface area contributed by atoms with Gasteiger partial charge in [-0.05, 0) is 31.5 Å². The predicted octanol–water partition coefficient (Wildman–Crippen LogP) is 2.70. The van der Waals surface area contributed by atoms with E-state index in [2.05, 4.69) is 27.6 Å². The summed E-state index contributed by atoms with van der Waals surface area (Å²) in [6.45, 7) is 5.01. The quantitative estimate of drug-likeness (QED) is 0.882. The van der Waals surface area contributed by atoms with E-state index in [0.717, 1.165) is 17.2 Å². The fraction of sp³-hybridized carbons (Fsp3) is 0.333. The van der Waals surface area contributed by atoms with Crippen LogP contribution in [0, 0.1) is 6.92 Å². The summed E-state index contributed by atoms with van der Waals surface area (Å²) in [5.41, 5.74) is 2.34. The number of aromatic nitrogens is 2. The van der Waals surface area contributed by atoms with Crippen LogP contribution in [0.2, 0.25) is 0 Å². The van der Waals surface area contributed by atoms with Crippen LogP contribution >= 0.6 is 11.3 Å². The van der Waals surface area contributed by atoms with Crippen LogP contribution in [0.3, 0.4) is 0 Å². The van der Waals surface area contributed by atoms with E-state index in [-0.39, 0.29) is 0 Å². The van der Waals surface area contributed by atoms with Crippen molar-refractivity contribution in [2.75, 3.05) is 0 Å². The van der Waals surface area contributed by atoms with E-state index in [4.69, 9.17) is 0 Å². The molecule has 0 aromatic carbocycles. The summed E-state index contributed by atoms with van der Waals surface area (Å²) in [4.78, 5) is 8.46. The van der Waals surface area contributed by atoms with Gasteiger partial charge in [-0.1, -0.05) is 0 Å². The van der Waals surface area contributed by atoms with Gasteiger partial charge in [0.1, 0.15) is 5.01 Å². The molecule has 2 rings (SSSR count). The number of rotatable bonds is 4. The zero-order chi connectivity index (χ0) is 11.4. The second kappa shape index (κ2) is 5.18. The van der Waals surface area contributed by atoms with Gasteiger partial charge in [0.05, 0.1) is 6.04 Å². The van der Waals surface area contributed by atoms with E-state index >= 15 is 0 Å². The Hall–Kier alpha value is -1.26. The summed E-state index contributed by atoms with van der Waals surface area (Å²) in [7, 11) is 0. The van der Waals surface area contributed by atoms with Gasteiger partial charge in [0, 0.05) is 30.0 Å². The normalized spacial score (nSPS) is 12.6. The van der Waals surface area contributed by atoms with Gasteiger partial charge in [0.15, 0.2) is 0 Å². The van der Waals surface area contributed by atoms with Crippen LogP contribution in [0.5, 0.6) is 0 Å². The molecule has 1 atom stereocenters. The molecule has 84 valence electrons. The number of nitrogens with one attached hydrogen (secondary N) is 1. The summed E-state index contributed by atoms with van der Waals surface area (Å²) >= 11 is 1.71. The number of thiazole rings is 1. The largest absolute Gasteiger partial charge is 0.304 e. The van der Waals surface area contributed by atoms with Crippen molar-refractivity contribution in [1.29, 1.82) is 0 Å². The minimum Gasteiger partial charge on any atom is -0.304 e. The second-order valence-electron chi connectivity index (χ2n) is 3.79. The molecule has 16 heavy (non-hydrogen) atoms. The summed E-state index contributed by atoms with van der Waals surface area (Å²) < 4.78 is 0. The first-order chi connectivity index (χ1) is 7.75. The maximum Gasteiger partial charge on any atom is 0.110 e. The van der Waals surface area contributed by atoms with E-state index in [1.165, 1.54) is 5.56 Å². The molecule has 1 unspecified atom stereocenters. The van der Waals surface area contributed by atoms with Gasteiger partial charge in [0.25, 0.3) is 0 Å². The molecule has 0 spiro atoms. The Bertz CT molecular complexity index is 439. The zero-order valence-corrected chi connectivity index (χ0v) is 10.3. The minimum absolute atomic E-state index is 0.298. The summed E-state index contributed by atoms with van der Waals surface area (Å²) in [5, 5.41) is 6.68. The third-order valence-electron chi connectivity index (χ3n) is 2.37. The average Bonchev–Trinajstić information content (AvgIpc) is 2.74. The van der Waals surface area contributed by atoms with Crippen molar-refractivity contribution in [3.05, 3.63) is 46.2 Å². The molecule has 0 aliphatic rings. The summed E-state index contributed by atoms with van der Waals surface area (Å²) in [5.74, 6) is 0. The second-order valence-corrected chi connectivity index (χ2v) is 4.67. The first-order valence-electron chi connectivity index (χ1n) is 5.30. The first kappa shape index (κ1) is 11.2. The Balaban J connectivity index is 1.91. The van der Waals surface area contributed by atoms with Crippen LogP contribution < -0.4 is 5.32 Å². The van der Waals surface area contributed by atoms with E-state index < -0.39 is 0 Å². The van der Waals surface area contributed by atoms with Crippen LogP contribution in [0.25, 0.3) is 0 Å². The highest BCUT2D eigenvalue weighted by molar-refractivity contribution is 7.09. The molecule has 0 aliphatic carbocycles. The molecule has 0 saturated heterocycles. The third-order valence-corrected chi connectivity index (χ3v) is 3.51. The van der Waals surface area contributed by atoms with Crippen LogP contribution in [0.1, 0.15) is 29.2 Å². The van der Waals surface area contributed by atoms with Crippen molar-refractivity contribution < 1.29 is 0 Å². The van der Waals surface area contributed by atoms with Gasteiger partial charge >= 0.3 is 0 Å². The van der Waals surface area contributed by atoms with E-state index in [9.17, 15) is 0 Å². The molecule has 0 aliphatic heterocycles. The van der Waals surface area contributed by atoms with E-state index in [1.807, 2.05) is 31.5 Å². The summed E-state index contributed by atoms with van der Waals surface area (Å²) in [6.07, 6.45) is 3.63. The molecule has 4 heteroatoms. The number of hydrogen-bond acceptors (Lipinski definition) is 4. The molecule has 0 amide bonds. The van der Waals surface area contributed by atoms with Crippen molar-refractivity contribution >= 4 is 11.3 Å². The lowest BCUT2D eigenvalue weighted by Crippen LogP contribution is -2.17. The number of pyridine rings is 1. The van der Waals surface area contributed by atoms with Gasteiger partial charge in [-0.2, -0.15) is 0 Å². The lowest BCUT2D eigenvalue weighted by molar-refractivity contribution is 0.571. The Labute approximate surface area is 99.6 Å². The van der Waals surface area contributed by atoms with Crippen molar-refractivity contribution in [3.8, 4) is 0 Å². The number of hydrogen-bond donors (Lipinski definition) is 1. The number of aryl methyl sites for hydroxylation is 1. The molecule has 1 N–H and O–H groups in total. The molecule has 0 fully saturated rings. The lowest BCUT2D eigenvalue weighted by Gasteiger charge is -2.10. The molecular formula is C12H15N3S. The van der Waals surface area contributed by atoms with Crippen LogP contribution in [0.15, 0.2) is 29.9 Å². The molecule has 2 aromatic heterocycles. The standard InChI is InChI=1S/C12H15N3S/c1-9-8-16-12(15-9)10(2)14-7-11-3-5-13-6-4-11/h3-6,8,10,14H,7H2,1-2H3. The average molecular weight is 233 g/mol. The van der Waals surface area contributed by atoms with Crippen molar-refractivity contribution in [1.82, 2.24) is 15.3 Å². The fourth-order valence-corrected chi connectivity index (χ4v) is 2.26. The third kappa shape index (κ3) is 2.87. The monoisotopic (exact) mass is 233 g/mol. The topological polar surface area (TPSA) is 37.8 Å². The highest BCUT2D eigenvalue weighted by Crippen LogP contribution is 2.17. The molecule has 3 nitrogen and oxygen atoms in total. The molecule has 0 radical (unpaired) electrons. The molecule has 0 saturated carbocycles. The van der Waals surface area contributed by atoms with Crippen molar-refractivity contribution in [2.45, 2.75) is 26.4 Å². The van der Waals surface area contributed by atoms with E-state index in [0.29, 0.717) is 6.04 Å². The Kier molecular flexibility index (Phi) is 3.64. The highest BCUT2D eigenvalue weighted by Gasteiger charge is 2.08. The maximum absolute atomic E-state index is 4.47. The lowest BCUT2D eigenvalue weighted by atomic mass is 10.2. The Morgan fingerprint density at radius 3 is 2.75 bits per heavy atom. The van der Waals surface area contributed by atoms with Gasteiger partial charge < -0.3 is 5.32 Å². The van der Waals surface area contributed by atoms with Crippen LogP contribution in [0.4, 0.5) is 0 Å². The maximum atomic E-state index is 4.47. The first-order valence-corrected chi connectivity index (χ1v) is 6.18. The van der Waals surface area contributed by atoms with Gasteiger partial charge in [0.2, 0.25) is 0 Å². The predicted molar refractivity (Wildman–Crippen MR) is 66.3 cm³/mol. The van der Waals surface area contributed by atoms with E-state index in [1.54, 1.807) is 11.3 Å². The fourth-order valence-electron chi connectivity index (χ4n) is 1.43.